The molecular formula is C31H60O2. The van der Waals surface area contributed by atoms with Gasteiger partial charge < -0.3 is 9.47 Å². The third-order valence-corrected chi connectivity index (χ3v) is 6.21. The third kappa shape index (κ3) is 31.4. The quantitative estimate of drug-likeness (QED) is 0.0846. The van der Waals surface area contributed by atoms with Crippen molar-refractivity contribution in [1.82, 2.24) is 0 Å². The minimum absolute atomic E-state index is 0.861. The Morgan fingerprint density at radius 1 is 0.364 bits per heavy atom. The van der Waals surface area contributed by atoms with E-state index in [4.69, 9.17) is 9.47 Å². The van der Waals surface area contributed by atoms with Crippen molar-refractivity contribution in [1.29, 1.82) is 0 Å². The molecule has 0 aliphatic heterocycles. The second-order valence-electron chi connectivity index (χ2n) is 9.64. The van der Waals surface area contributed by atoms with Crippen LogP contribution in [-0.4, -0.2) is 26.4 Å². The van der Waals surface area contributed by atoms with Crippen LogP contribution in [0.2, 0.25) is 0 Å². The minimum atomic E-state index is 0.861. The highest BCUT2D eigenvalue weighted by Crippen LogP contribution is 2.12. The molecule has 0 radical (unpaired) electrons. The van der Waals surface area contributed by atoms with Gasteiger partial charge in [-0.3, -0.25) is 0 Å². The van der Waals surface area contributed by atoms with Crippen molar-refractivity contribution in [2.75, 3.05) is 26.4 Å². The van der Waals surface area contributed by atoms with E-state index in [-0.39, 0.29) is 0 Å². The lowest BCUT2D eigenvalue weighted by atomic mass is 10.1. The highest BCUT2D eigenvalue weighted by molar-refractivity contribution is 4.92. The Hall–Kier alpha value is -0.600. The maximum absolute atomic E-state index is 5.73. The minimum Gasteiger partial charge on any atom is -0.381 e. The van der Waals surface area contributed by atoms with Gasteiger partial charge in [0.05, 0.1) is 0 Å². The lowest BCUT2D eigenvalue weighted by Gasteiger charge is -2.06. The summed E-state index contributed by atoms with van der Waals surface area (Å²) in [5.41, 5.74) is 0. The van der Waals surface area contributed by atoms with E-state index in [1.165, 1.54) is 122 Å². The van der Waals surface area contributed by atoms with Crippen LogP contribution in [0, 0.1) is 0 Å². The summed E-state index contributed by atoms with van der Waals surface area (Å²) in [4.78, 5) is 0. The highest BCUT2D eigenvalue weighted by atomic mass is 16.5. The van der Waals surface area contributed by atoms with Crippen LogP contribution in [0.15, 0.2) is 24.3 Å². The van der Waals surface area contributed by atoms with Gasteiger partial charge in [0.1, 0.15) is 0 Å². The summed E-state index contributed by atoms with van der Waals surface area (Å²) in [5, 5.41) is 0. The standard InChI is InChI=1S/C31H60O2/c1-3-5-7-9-10-11-12-13-14-15-16-17-18-19-20-21-22-23-24-26-29-33-31-27-30-32-28-25-8-6-4-2/h10-11,13-14H,3-9,12,15-31H2,1-2H3/b11-10-,14-13-. The van der Waals surface area contributed by atoms with Gasteiger partial charge in [-0.05, 0) is 51.4 Å². The first kappa shape index (κ1) is 32.4. The molecule has 0 aromatic rings. The van der Waals surface area contributed by atoms with Gasteiger partial charge in [-0.25, -0.2) is 0 Å². The fourth-order valence-corrected chi connectivity index (χ4v) is 4.00. The maximum Gasteiger partial charge on any atom is 0.0487 e. The van der Waals surface area contributed by atoms with Crippen molar-refractivity contribution >= 4 is 0 Å². The van der Waals surface area contributed by atoms with Crippen molar-refractivity contribution in [2.45, 2.75) is 149 Å². The van der Waals surface area contributed by atoms with Crippen molar-refractivity contribution in [3.63, 3.8) is 0 Å². The summed E-state index contributed by atoms with van der Waals surface area (Å²) in [7, 11) is 0. The van der Waals surface area contributed by atoms with Crippen LogP contribution < -0.4 is 0 Å². The second-order valence-corrected chi connectivity index (χ2v) is 9.64. The number of ether oxygens (including phenoxy) is 2. The van der Waals surface area contributed by atoms with E-state index in [9.17, 15) is 0 Å². The molecule has 0 amide bonds. The van der Waals surface area contributed by atoms with Crippen molar-refractivity contribution in [3.8, 4) is 0 Å². The molecule has 0 N–H and O–H groups in total. The van der Waals surface area contributed by atoms with Gasteiger partial charge in [0.15, 0.2) is 0 Å². The monoisotopic (exact) mass is 464 g/mol. The Balaban J connectivity index is 3.08. The summed E-state index contributed by atoms with van der Waals surface area (Å²) < 4.78 is 11.4. The Morgan fingerprint density at radius 3 is 1.24 bits per heavy atom. The van der Waals surface area contributed by atoms with Gasteiger partial charge in [-0.2, -0.15) is 0 Å². The molecular weight excluding hydrogens is 404 g/mol. The first-order chi connectivity index (χ1) is 16.4. The molecule has 196 valence electrons. The fourth-order valence-electron chi connectivity index (χ4n) is 4.00. The Labute approximate surface area is 209 Å². The number of allylic oxidation sites excluding steroid dienone is 4. The zero-order valence-corrected chi connectivity index (χ0v) is 22.8. The van der Waals surface area contributed by atoms with Gasteiger partial charge in [0.2, 0.25) is 0 Å². The molecule has 2 nitrogen and oxygen atoms in total. The summed E-state index contributed by atoms with van der Waals surface area (Å²) in [6, 6.07) is 0. The average Bonchev–Trinajstić information content (AvgIpc) is 2.83. The zero-order valence-electron chi connectivity index (χ0n) is 22.8. The largest absolute Gasteiger partial charge is 0.381 e. The Kier molecular flexibility index (Phi) is 30.8. The molecule has 0 atom stereocenters. The zero-order chi connectivity index (χ0) is 23.9. The van der Waals surface area contributed by atoms with E-state index in [1.807, 2.05) is 0 Å². The molecule has 0 aromatic carbocycles. The van der Waals surface area contributed by atoms with E-state index >= 15 is 0 Å². The van der Waals surface area contributed by atoms with Gasteiger partial charge >= 0.3 is 0 Å². The van der Waals surface area contributed by atoms with Crippen molar-refractivity contribution in [3.05, 3.63) is 24.3 Å². The van der Waals surface area contributed by atoms with Crippen LogP contribution in [0.3, 0.4) is 0 Å². The van der Waals surface area contributed by atoms with E-state index < -0.39 is 0 Å². The predicted molar refractivity (Wildman–Crippen MR) is 148 cm³/mol. The average molecular weight is 465 g/mol. The molecule has 0 aliphatic carbocycles. The molecule has 0 fully saturated rings. The van der Waals surface area contributed by atoms with Crippen LogP contribution in [-0.2, 0) is 9.47 Å². The molecule has 0 heterocycles. The smallest absolute Gasteiger partial charge is 0.0487 e. The lowest BCUT2D eigenvalue weighted by Crippen LogP contribution is -2.03. The number of hydrogen-bond acceptors (Lipinski definition) is 2. The van der Waals surface area contributed by atoms with Crippen LogP contribution in [0.5, 0.6) is 0 Å². The SMILES string of the molecule is CCCCC/C=C\C/C=C\CCCCCCCCCCCCOCCCOCCCCCC. The lowest BCUT2D eigenvalue weighted by molar-refractivity contribution is 0.0795. The first-order valence-corrected chi connectivity index (χ1v) is 14.9. The molecule has 2 heteroatoms. The third-order valence-electron chi connectivity index (χ3n) is 6.21. The summed E-state index contributed by atoms with van der Waals surface area (Å²) >= 11 is 0. The topological polar surface area (TPSA) is 18.5 Å². The molecule has 0 spiro atoms. The van der Waals surface area contributed by atoms with Crippen LogP contribution in [0.4, 0.5) is 0 Å². The van der Waals surface area contributed by atoms with Crippen LogP contribution in [0.1, 0.15) is 149 Å². The normalized spacial score (nSPS) is 11.9. The second kappa shape index (κ2) is 31.4. The summed E-state index contributed by atoms with van der Waals surface area (Å²) in [5.74, 6) is 0. The first-order valence-electron chi connectivity index (χ1n) is 14.9. The Morgan fingerprint density at radius 2 is 0.727 bits per heavy atom. The molecule has 0 rings (SSSR count). The molecule has 0 unspecified atom stereocenters. The van der Waals surface area contributed by atoms with E-state index in [2.05, 4.69) is 38.2 Å². The van der Waals surface area contributed by atoms with Gasteiger partial charge in [-0.15, -0.1) is 0 Å². The predicted octanol–water partition coefficient (Wildman–Crippen LogP) is 10.4. The molecule has 33 heavy (non-hydrogen) atoms. The number of rotatable bonds is 28. The van der Waals surface area contributed by atoms with Gasteiger partial charge in [-0.1, -0.05) is 122 Å². The van der Waals surface area contributed by atoms with Crippen LogP contribution in [0.25, 0.3) is 0 Å². The van der Waals surface area contributed by atoms with E-state index in [0.29, 0.717) is 0 Å². The van der Waals surface area contributed by atoms with E-state index in [1.54, 1.807) is 0 Å². The van der Waals surface area contributed by atoms with Crippen molar-refractivity contribution < 1.29 is 9.47 Å². The molecule has 0 saturated carbocycles. The van der Waals surface area contributed by atoms with Crippen molar-refractivity contribution in [2.24, 2.45) is 0 Å². The maximum atomic E-state index is 5.73. The van der Waals surface area contributed by atoms with E-state index in [0.717, 1.165) is 39.3 Å². The Bertz CT molecular complexity index is 388. The summed E-state index contributed by atoms with van der Waals surface area (Å²) in [6.45, 7) is 8.09. The van der Waals surface area contributed by atoms with Gasteiger partial charge in [0.25, 0.3) is 0 Å². The summed E-state index contributed by atoms with van der Waals surface area (Å²) in [6.07, 6.45) is 37.0. The van der Waals surface area contributed by atoms with Gasteiger partial charge in [0, 0.05) is 26.4 Å². The molecule has 0 saturated heterocycles. The fraction of sp³-hybridized carbons (Fsp3) is 0.871. The molecule has 0 aliphatic rings. The number of hydrogen-bond donors (Lipinski definition) is 0. The number of unbranched alkanes of at least 4 members (excludes halogenated alkanes) is 16. The molecule has 0 bridgehead atoms. The molecule has 0 aromatic heterocycles. The highest BCUT2D eigenvalue weighted by Gasteiger charge is 1.95. The van der Waals surface area contributed by atoms with Crippen LogP contribution >= 0.6 is 0 Å².